The van der Waals surface area contributed by atoms with Crippen molar-refractivity contribution in [2.75, 3.05) is 4.90 Å². The standard InChI is InChI=1S/C15H14BNO2/c18-16(19)14-5-7-15(8-6-14)17-10-9-12-3-1-2-4-13(12)11-17/h1-10,18-19H,11H2. The predicted molar refractivity (Wildman–Crippen MR) is 77.9 cm³/mol. The van der Waals surface area contributed by atoms with Crippen LogP contribution in [0.25, 0.3) is 6.08 Å². The van der Waals surface area contributed by atoms with Crippen LogP contribution in [0.4, 0.5) is 5.69 Å². The summed E-state index contributed by atoms with van der Waals surface area (Å²) >= 11 is 0. The fraction of sp³-hybridized carbons (Fsp3) is 0.0667. The van der Waals surface area contributed by atoms with E-state index in [0.29, 0.717) is 5.46 Å². The molecule has 1 aliphatic rings. The Balaban J connectivity index is 1.85. The van der Waals surface area contributed by atoms with Gasteiger partial charge in [0.1, 0.15) is 0 Å². The number of hydrogen-bond donors (Lipinski definition) is 2. The summed E-state index contributed by atoms with van der Waals surface area (Å²) in [6, 6.07) is 15.6. The lowest BCUT2D eigenvalue weighted by Crippen LogP contribution is -2.29. The van der Waals surface area contributed by atoms with Gasteiger partial charge >= 0.3 is 7.12 Å². The molecule has 0 aromatic heterocycles. The highest BCUT2D eigenvalue weighted by Crippen LogP contribution is 2.24. The van der Waals surface area contributed by atoms with Crippen molar-refractivity contribution in [3.05, 3.63) is 65.9 Å². The van der Waals surface area contributed by atoms with Gasteiger partial charge in [0.05, 0.1) is 0 Å². The first-order valence-corrected chi connectivity index (χ1v) is 6.23. The van der Waals surface area contributed by atoms with Gasteiger partial charge in [0.15, 0.2) is 0 Å². The van der Waals surface area contributed by atoms with Crippen LogP contribution in [0.15, 0.2) is 54.7 Å². The van der Waals surface area contributed by atoms with Gasteiger partial charge in [0.25, 0.3) is 0 Å². The van der Waals surface area contributed by atoms with E-state index >= 15 is 0 Å². The predicted octanol–water partition coefficient (Wildman–Crippen LogP) is 1.36. The zero-order valence-corrected chi connectivity index (χ0v) is 10.4. The lowest BCUT2D eigenvalue weighted by Gasteiger charge is -2.25. The largest absolute Gasteiger partial charge is 0.488 e. The molecule has 0 fully saturated rings. The van der Waals surface area contributed by atoms with Crippen molar-refractivity contribution < 1.29 is 10.0 Å². The van der Waals surface area contributed by atoms with Gasteiger partial charge in [-0.25, -0.2) is 0 Å². The first-order valence-electron chi connectivity index (χ1n) is 6.23. The molecule has 0 radical (unpaired) electrons. The highest BCUT2D eigenvalue weighted by atomic mass is 16.4. The SMILES string of the molecule is OB(O)c1ccc(N2C=Cc3ccccc3C2)cc1. The van der Waals surface area contributed by atoms with E-state index in [-0.39, 0.29) is 0 Å². The van der Waals surface area contributed by atoms with Gasteiger partial charge in [-0.1, -0.05) is 36.4 Å². The molecule has 19 heavy (non-hydrogen) atoms. The van der Waals surface area contributed by atoms with Crippen molar-refractivity contribution in [3.63, 3.8) is 0 Å². The molecule has 3 nitrogen and oxygen atoms in total. The molecular weight excluding hydrogens is 237 g/mol. The highest BCUT2D eigenvalue weighted by molar-refractivity contribution is 6.58. The molecule has 0 saturated heterocycles. The molecule has 0 amide bonds. The summed E-state index contributed by atoms with van der Waals surface area (Å²) < 4.78 is 0. The van der Waals surface area contributed by atoms with Crippen LogP contribution in [0.1, 0.15) is 11.1 Å². The average Bonchev–Trinajstić information content (AvgIpc) is 2.47. The van der Waals surface area contributed by atoms with Gasteiger partial charge in [0, 0.05) is 18.4 Å². The quantitative estimate of drug-likeness (QED) is 0.792. The lowest BCUT2D eigenvalue weighted by atomic mass is 9.80. The van der Waals surface area contributed by atoms with E-state index in [4.69, 9.17) is 10.0 Å². The van der Waals surface area contributed by atoms with Crippen molar-refractivity contribution in [2.45, 2.75) is 6.54 Å². The summed E-state index contributed by atoms with van der Waals surface area (Å²) in [5.41, 5.74) is 4.08. The number of nitrogens with zero attached hydrogens (tertiary/aromatic N) is 1. The van der Waals surface area contributed by atoms with E-state index in [1.54, 1.807) is 12.1 Å². The summed E-state index contributed by atoms with van der Waals surface area (Å²) in [4.78, 5) is 2.13. The van der Waals surface area contributed by atoms with Crippen LogP contribution in [0.5, 0.6) is 0 Å². The molecule has 1 aliphatic heterocycles. The number of benzene rings is 2. The summed E-state index contributed by atoms with van der Waals surface area (Å²) in [5.74, 6) is 0. The molecular formula is C15H14BNO2. The molecule has 94 valence electrons. The van der Waals surface area contributed by atoms with E-state index in [1.165, 1.54) is 11.1 Å². The summed E-state index contributed by atoms with van der Waals surface area (Å²) in [6.07, 6.45) is 4.14. The van der Waals surface area contributed by atoms with Crippen LogP contribution >= 0.6 is 0 Å². The molecule has 0 atom stereocenters. The van der Waals surface area contributed by atoms with E-state index in [1.807, 2.05) is 30.5 Å². The zero-order chi connectivity index (χ0) is 13.2. The molecule has 2 aromatic carbocycles. The molecule has 2 aromatic rings. The van der Waals surface area contributed by atoms with Gasteiger partial charge < -0.3 is 14.9 Å². The van der Waals surface area contributed by atoms with E-state index in [0.717, 1.165) is 12.2 Å². The molecule has 0 bridgehead atoms. The Morgan fingerprint density at radius 2 is 1.68 bits per heavy atom. The van der Waals surface area contributed by atoms with Crippen LogP contribution in [0.3, 0.4) is 0 Å². The Labute approximate surface area is 112 Å². The van der Waals surface area contributed by atoms with Crippen LogP contribution in [0, 0.1) is 0 Å². The molecule has 0 spiro atoms. The molecule has 0 unspecified atom stereocenters. The Morgan fingerprint density at radius 1 is 0.947 bits per heavy atom. The second kappa shape index (κ2) is 4.92. The van der Waals surface area contributed by atoms with Crippen LogP contribution in [-0.4, -0.2) is 17.2 Å². The fourth-order valence-corrected chi connectivity index (χ4v) is 2.26. The highest BCUT2D eigenvalue weighted by Gasteiger charge is 2.13. The minimum absolute atomic E-state index is 0.505. The van der Waals surface area contributed by atoms with Crippen molar-refractivity contribution in [1.82, 2.24) is 0 Å². The summed E-state index contributed by atoms with van der Waals surface area (Å²) in [7, 11) is -1.41. The van der Waals surface area contributed by atoms with Crippen molar-refractivity contribution >= 4 is 24.3 Å². The van der Waals surface area contributed by atoms with E-state index in [9.17, 15) is 0 Å². The Morgan fingerprint density at radius 3 is 2.42 bits per heavy atom. The third kappa shape index (κ3) is 2.41. The van der Waals surface area contributed by atoms with Gasteiger partial charge in [-0.15, -0.1) is 0 Å². The van der Waals surface area contributed by atoms with Crippen molar-refractivity contribution in [2.24, 2.45) is 0 Å². The molecule has 4 heteroatoms. The summed E-state index contributed by atoms with van der Waals surface area (Å²) in [5, 5.41) is 18.2. The molecule has 2 N–H and O–H groups in total. The molecule has 1 heterocycles. The smallest absolute Gasteiger partial charge is 0.423 e. The Kier molecular flexibility index (Phi) is 3.11. The maximum absolute atomic E-state index is 9.08. The lowest BCUT2D eigenvalue weighted by molar-refractivity contribution is 0.426. The van der Waals surface area contributed by atoms with Crippen molar-refractivity contribution in [1.29, 1.82) is 0 Å². The minimum atomic E-state index is -1.41. The molecule has 0 saturated carbocycles. The first kappa shape index (κ1) is 12.0. The maximum atomic E-state index is 9.08. The van der Waals surface area contributed by atoms with Crippen LogP contribution < -0.4 is 10.4 Å². The molecule has 3 rings (SSSR count). The third-order valence-electron chi connectivity index (χ3n) is 3.35. The van der Waals surface area contributed by atoms with E-state index in [2.05, 4.69) is 23.1 Å². The number of rotatable bonds is 2. The Hall–Kier alpha value is -2.04. The topological polar surface area (TPSA) is 43.7 Å². The van der Waals surface area contributed by atoms with Crippen LogP contribution in [-0.2, 0) is 6.54 Å². The number of anilines is 1. The summed E-state index contributed by atoms with van der Waals surface area (Å²) in [6.45, 7) is 0.827. The number of hydrogen-bond acceptors (Lipinski definition) is 3. The monoisotopic (exact) mass is 251 g/mol. The minimum Gasteiger partial charge on any atom is -0.423 e. The fourth-order valence-electron chi connectivity index (χ4n) is 2.26. The normalized spacial score (nSPS) is 13.3. The third-order valence-corrected chi connectivity index (χ3v) is 3.35. The molecule has 0 aliphatic carbocycles. The maximum Gasteiger partial charge on any atom is 0.488 e. The van der Waals surface area contributed by atoms with Gasteiger partial charge in [0.2, 0.25) is 0 Å². The van der Waals surface area contributed by atoms with E-state index < -0.39 is 7.12 Å². The Bertz CT molecular complexity index is 608. The van der Waals surface area contributed by atoms with Crippen LogP contribution in [0.2, 0.25) is 0 Å². The van der Waals surface area contributed by atoms with Gasteiger partial charge in [-0.3, -0.25) is 0 Å². The number of fused-ring (bicyclic) bond motifs is 1. The zero-order valence-electron chi connectivity index (χ0n) is 10.4. The second-order valence-corrected chi connectivity index (χ2v) is 4.61. The second-order valence-electron chi connectivity index (χ2n) is 4.61. The average molecular weight is 251 g/mol. The van der Waals surface area contributed by atoms with Gasteiger partial charge in [-0.05, 0) is 34.8 Å². The van der Waals surface area contributed by atoms with Crippen molar-refractivity contribution in [3.8, 4) is 0 Å². The van der Waals surface area contributed by atoms with Gasteiger partial charge in [-0.2, -0.15) is 0 Å². The first-order chi connectivity index (χ1) is 9.24.